The maximum absolute atomic E-state index is 12.8. The summed E-state index contributed by atoms with van der Waals surface area (Å²) in [5.74, 6) is -1.62. The molecule has 1 aromatic heterocycles. The van der Waals surface area contributed by atoms with Gasteiger partial charge in [0, 0.05) is 6.42 Å². The van der Waals surface area contributed by atoms with Crippen LogP contribution in [0.2, 0.25) is 0 Å². The van der Waals surface area contributed by atoms with Crippen molar-refractivity contribution in [3.63, 3.8) is 0 Å². The van der Waals surface area contributed by atoms with E-state index in [1.807, 2.05) is 45.0 Å². The number of aromatic nitrogens is 2. The number of aliphatic imine (C=N–C) groups is 1. The lowest BCUT2D eigenvalue weighted by molar-refractivity contribution is -0.149. The van der Waals surface area contributed by atoms with Gasteiger partial charge in [0.1, 0.15) is 11.7 Å². The number of nitrogens with one attached hydrogen (secondary N) is 1. The highest BCUT2D eigenvalue weighted by Crippen LogP contribution is 2.43. The molecule has 1 aliphatic rings. The second kappa shape index (κ2) is 7.58. The number of carbonyl (C=O) groups excluding carboxylic acids is 2. The highest BCUT2D eigenvalue weighted by atomic mass is 16.5. The van der Waals surface area contributed by atoms with E-state index in [-0.39, 0.29) is 23.5 Å². The van der Waals surface area contributed by atoms with Gasteiger partial charge in [-0.25, -0.2) is 9.98 Å². The van der Waals surface area contributed by atoms with Crippen LogP contribution in [0, 0.1) is 11.3 Å². The van der Waals surface area contributed by atoms with E-state index in [1.165, 1.54) is 7.11 Å². The summed E-state index contributed by atoms with van der Waals surface area (Å²) in [6.45, 7) is 5.58. The molecular formula is C21H25N3O4. The van der Waals surface area contributed by atoms with Crippen molar-refractivity contribution in [2.45, 2.75) is 40.0 Å². The quantitative estimate of drug-likeness (QED) is 0.758. The Labute approximate surface area is 163 Å². The molecule has 0 saturated carbocycles. The minimum atomic E-state index is -0.914. The number of allylic oxidation sites excluding steroid dienone is 1. The Balaban J connectivity index is 2.15. The van der Waals surface area contributed by atoms with Crippen molar-refractivity contribution >= 4 is 34.4 Å². The van der Waals surface area contributed by atoms with Crippen molar-refractivity contribution in [3.05, 3.63) is 35.6 Å². The number of esters is 1. The number of rotatable bonds is 5. The lowest BCUT2D eigenvalue weighted by Gasteiger charge is -2.37. The van der Waals surface area contributed by atoms with Gasteiger partial charge in [-0.05, 0) is 30.4 Å². The summed E-state index contributed by atoms with van der Waals surface area (Å²) in [5, 5.41) is 10.9. The van der Waals surface area contributed by atoms with E-state index in [4.69, 9.17) is 4.74 Å². The molecule has 148 valence electrons. The molecule has 0 amide bonds. The molecule has 7 heteroatoms. The Hall–Kier alpha value is -2.96. The number of carbonyl (C=O) groups is 2. The molecule has 3 rings (SSSR count). The summed E-state index contributed by atoms with van der Waals surface area (Å²) < 4.78 is 4.87. The smallest absolute Gasteiger partial charge is 0.316 e. The number of imidazole rings is 1. The molecule has 1 aliphatic carbocycles. The fourth-order valence-corrected chi connectivity index (χ4v) is 3.70. The van der Waals surface area contributed by atoms with Gasteiger partial charge in [0.25, 0.3) is 0 Å². The molecule has 2 aromatic rings. The number of hydrogen-bond donors (Lipinski definition) is 2. The predicted molar refractivity (Wildman–Crippen MR) is 107 cm³/mol. The lowest BCUT2D eigenvalue weighted by atomic mass is 9.67. The van der Waals surface area contributed by atoms with Crippen LogP contribution < -0.4 is 0 Å². The Morgan fingerprint density at radius 2 is 2.07 bits per heavy atom. The summed E-state index contributed by atoms with van der Waals surface area (Å²) in [6, 6.07) is 7.53. The average Bonchev–Trinajstić information content (AvgIpc) is 3.02. The van der Waals surface area contributed by atoms with Crippen LogP contribution in [0.4, 0.5) is 5.95 Å². The summed E-state index contributed by atoms with van der Waals surface area (Å²) in [6.07, 6.45) is 1.21. The van der Waals surface area contributed by atoms with Crippen molar-refractivity contribution < 1.29 is 19.4 Å². The van der Waals surface area contributed by atoms with E-state index in [2.05, 4.69) is 15.0 Å². The van der Waals surface area contributed by atoms with Crippen LogP contribution >= 0.6 is 0 Å². The number of benzene rings is 1. The van der Waals surface area contributed by atoms with Gasteiger partial charge in [-0.15, -0.1) is 0 Å². The number of aromatic amines is 1. The molecule has 1 unspecified atom stereocenters. The highest BCUT2D eigenvalue weighted by Gasteiger charge is 2.47. The summed E-state index contributed by atoms with van der Waals surface area (Å²) in [5.41, 5.74) is 1.47. The molecule has 0 fully saturated rings. The zero-order valence-electron chi connectivity index (χ0n) is 16.6. The SMILES string of the molecule is CCCC(=O)C1=C(O)C(C(=O)OC)C(C)(C)C/C1=N\c1nc2ccccc2[nH]1. The topological polar surface area (TPSA) is 105 Å². The summed E-state index contributed by atoms with van der Waals surface area (Å²) in [4.78, 5) is 37.2. The van der Waals surface area contributed by atoms with Gasteiger partial charge in [0.05, 0.1) is 29.4 Å². The van der Waals surface area contributed by atoms with Crippen molar-refractivity contribution in [3.8, 4) is 0 Å². The molecule has 0 bridgehead atoms. The van der Waals surface area contributed by atoms with E-state index in [0.29, 0.717) is 24.5 Å². The van der Waals surface area contributed by atoms with Crippen LogP contribution in [-0.4, -0.2) is 39.6 Å². The van der Waals surface area contributed by atoms with Crippen LogP contribution in [0.1, 0.15) is 40.0 Å². The first-order valence-electron chi connectivity index (χ1n) is 9.35. The fourth-order valence-electron chi connectivity index (χ4n) is 3.70. The zero-order chi connectivity index (χ0) is 20.5. The third kappa shape index (κ3) is 3.56. The number of ketones is 1. The van der Waals surface area contributed by atoms with Crippen molar-refractivity contribution in [1.29, 1.82) is 0 Å². The van der Waals surface area contributed by atoms with E-state index < -0.39 is 17.3 Å². The first-order chi connectivity index (χ1) is 13.3. The molecule has 2 N–H and O–H groups in total. The minimum absolute atomic E-state index is 0.108. The van der Waals surface area contributed by atoms with Gasteiger partial charge in [0.2, 0.25) is 5.95 Å². The number of aliphatic hydroxyl groups is 1. The Kier molecular flexibility index (Phi) is 5.36. The molecule has 1 atom stereocenters. The van der Waals surface area contributed by atoms with Gasteiger partial charge in [-0.3, -0.25) is 9.59 Å². The number of methoxy groups -OCH3 is 1. The molecule has 7 nitrogen and oxygen atoms in total. The first kappa shape index (κ1) is 19.8. The second-order valence-electron chi connectivity index (χ2n) is 7.69. The number of para-hydroxylation sites is 2. The minimum Gasteiger partial charge on any atom is -0.511 e. The van der Waals surface area contributed by atoms with Crippen molar-refractivity contribution in [1.82, 2.24) is 9.97 Å². The van der Waals surface area contributed by atoms with Crippen LogP contribution in [-0.2, 0) is 14.3 Å². The molecule has 28 heavy (non-hydrogen) atoms. The largest absolute Gasteiger partial charge is 0.511 e. The van der Waals surface area contributed by atoms with Crippen molar-refractivity contribution in [2.24, 2.45) is 16.3 Å². The molecule has 0 radical (unpaired) electrons. The van der Waals surface area contributed by atoms with Crippen LogP contribution in [0.15, 0.2) is 40.6 Å². The lowest BCUT2D eigenvalue weighted by Crippen LogP contribution is -2.41. The van der Waals surface area contributed by atoms with Gasteiger partial charge in [-0.2, -0.15) is 0 Å². The Morgan fingerprint density at radius 3 is 2.71 bits per heavy atom. The van der Waals surface area contributed by atoms with E-state index >= 15 is 0 Å². The summed E-state index contributed by atoms with van der Waals surface area (Å²) in [7, 11) is 1.28. The molecule has 0 saturated heterocycles. The molecular weight excluding hydrogens is 358 g/mol. The van der Waals surface area contributed by atoms with Gasteiger partial charge in [-0.1, -0.05) is 32.9 Å². The number of aliphatic hydroxyl groups excluding tert-OH is 1. The van der Waals surface area contributed by atoms with Gasteiger partial charge >= 0.3 is 5.97 Å². The average molecular weight is 383 g/mol. The molecule has 1 heterocycles. The fraction of sp³-hybridized carbons (Fsp3) is 0.429. The van der Waals surface area contributed by atoms with E-state index in [9.17, 15) is 14.7 Å². The normalized spacial score (nSPS) is 20.6. The number of H-pyrrole nitrogens is 1. The van der Waals surface area contributed by atoms with E-state index in [0.717, 1.165) is 11.0 Å². The monoisotopic (exact) mass is 383 g/mol. The maximum Gasteiger partial charge on any atom is 0.316 e. The third-order valence-electron chi connectivity index (χ3n) is 5.03. The number of ether oxygens (including phenoxy) is 1. The van der Waals surface area contributed by atoms with Crippen LogP contribution in [0.5, 0.6) is 0 Å². The number of nitrogens with zero attached hydrogens (tertiary/aromatic N) is 2. The molecule has 1 aromatic carbocycles. The van der Waals surface area contributed by atoms with Gasteiger partial charge < -0.3 is 14.8 Å². The van der Waals surface area contributed by atoms with Crippen molar-refractivity contribution in [2.75, 3.05) is 7.11 Å². The molecule has 0 spiro atoms. The number of fused-ring (bicyclic) bond motifs is 1. The highest BCUT2D eigenvalue weighted by molar-refractivity contribution is 6.24. The Morgan fingerprint density at radius 1 is 1.36 bits per heavy atom. The third-order valence-corrected chi connectivity index (χ3v) is 5.03. The zero-order valence-corrected chi connectivity index (χ0v) is 16.6. The van der Waals surface area contributed by atoms with Crippen LogP contribution in [0.25, 0.3) is 11.0 Å². The maximum atomic E-state index is 12.8. The summed E-state index contributed by atoms with van der Waals surface area (Å²) >= 11 is 0. The van der Waals surface area contributed by atoms with Crippen LogP contribution in [0.3, 0.4) is 0 Å². The number of hydrogen-bond acceptors (Lipinski definition) is 6. The Bertz CT molecular complexity index is 951. The van der Waals surface area contributed by atoms with Gasteiger partial charge in [0.15, 0.2) is 5.78 Å². The molecule has 0 aliphatic heterocycles. The second-order valence-corrected chi connectivity index (χ2v) is 7.69. The van der Waals surface area contributed by atoms with E-state index in [1.54, 1.807) is 0 Å². The standard InChI is InChI=1S/C21H25N3O4/c1-5-8-15(25)16-14(11-21(2,3)17(18(16)26)19(27)28-4)24-20-22-12-9-6-7-10-13(12)23-20/h6-7,9-10,17,26H,5,8,11H2,1-4H3,(H,22,23)/b24-14+. The predicted octanol–water partition coefficient (Wildman–Crippen LogP) is 4.04. The number of Topliss-reactive ketones (excluding diaryl/α,β-unsaturated/α-hetero) is 1. The first-order valence-corrected chi connectivity index (χ1v) is 9.35.